The zero-order valence-corrected chi connectivity index (χ0v) is 15.4. The number of nitrogens with zero attached hydrogens (tertiary/aromatic N) is 4. The molecule has 2 atom stereocenters. The first kappa shape index (κ1) is 19.0. The molecule has 27 heavy (non-hydrogen) atoms. The van der Waals surface area contributed by atoms with E-state index in [9.17, 15) is 10.1 Å². The predicted octanol–water partition coefficient (Wildman–Crippen LogP) is 1.65. The SMILES string of the molecule is COC[C@@H](C)OC(=O)[C@@H](C#N)c1nc2ccccc2nc1N1CCOCC1. The normalized spacial score (nSPS) is 16.6. The van der Waals surface area contributed by atoms with E-state index in [0.29, 0.717) is 48.8 Å². The Hall–Kier alpha value is -2.76. The fourth-order valence-electron chi connectivity index (χ4n) is 2.97. The molecule has 8 nitrogen and oxygen atoms in total. The summed E-state index contributed by atoms with van der Waals surface area (Å²) in [6.45, 7) is 4.32. The number of benzene rings is 1. The van der Waals surface area contributed by atoms with Crippen molar-refractivity contribution in [3.8, 4) is 6.07 Å². The van der Waals surface area contributed by atoms with Crippen molar-refractivity contribution < 1.29 is 19.0 Å². The number of para-hydroxylation sites is 2. The number of fused-ring (bicyclic) bond motifs is 1. The standard InChI is InChI=1S/C19H22N4O4/c1-13(12-25-2)27-19(24)14(11-20)17-18(23-7-9-26-10-8-23)22-16-6-4-3-5-15(16)21-17/h3-6,13-14H,7-10,12H2,1-2H3/t13-,14+/m1/s1. The number of ether oxygens (including phenoxy) is 3. The molecule has 0 unspecified atom stereocenters. The molecule has 0 amide bonds. The van der Waals surface area contributed by atoms with E-state index in [1.807, 2.05) is 35.2 Å². The molecule has 1 aliphatic heterocycles. The lowest BCUT2D eigenvalue weighted by atomic mass is 10.1. The van der Waals surface area contributed by atoms with Gasteiger partial charge in [-0.2, -0.15) is 5.26 Å². The molecule has 2 heterocycles. The highest BCUT2D eigenvalue weighted by Gasteiger charge is 2.31. The number of hydrogen-bond acceptors (Lipinski definition) is 8. The Balaban J connectivity index is 2.01. The third-order valence-electron chi connectivity index (χ3n) is 4.25. The van der Waals surface area contributed by atoms with Crippen LogP contribution < -0.4 is 4.90 Å². The van der Waals surface area contributed by atoms with Gasteiger partial charge in [-0.05, 0) is 19.1 Å². The van der Waals surface area contributed by atoms with Crippen molar-refractivity contribution in [3.05, 3.63) is 30.0 Å². The number of methoxy groups -OCH3 is 1. The highest BCUT2D eigenvalue weighted by molar-refractivity contribution is 5.85. The van der Waals surface area contributed by atoms with E-state index in [2.05, 4.69) is 9.97 Å². The third kappa shape index (κ3) is 4.32. The van der Waals surface area contributed by atoms with Gasteiger partial charge in [-0.3, -0.25) is 4.79 Å². The molecule has 142 valence electrons. The number of carbonyl (C=O) groups is 1. The highest BCUT2D eigenvalue weighted by Crippen LogP contribution is 2.28. The van der Waals surface area contributed by atoms with Gasteiger partial charge in [0.15, 0.2) is 11.7 Å². The van der Waals surface area contributed by atoms with Crippen LogP contribution >= 0.6 is 0 Å². The molecule has 1 aliphatic rings. The van der Waals surface area contributed by atoms with Gasteiger partial charge in [0, 0.05) is 20.2 Å². The third-order valence-corrected chi connectivity index (χ3v) is 4.25. The maximum Gasteiger partial charge on any atom is 0.330 e. The van der Waals surface area contributed by atoms with E-state index in [0.717, 1.165) is 0 Å². The first-order chi connectivity index (χ1) is 13.1. The van der Waals surface area contributed by atoms with Crippen molar-refractivity contribution in [2.24, 2.45) is 0 Å². The molecule has 0 saturated carbocycles. The number of carbonyl (C=O) groups excluding carboxylic acids is 1. The quantitative estimate of drug-likeness (QED) is 0.708. The number of morpholine rings is 1. The first-order valence-electron chi connectivity index (χ1n) is 8.82. The molecule has 1 aromatic heterocycles. The molecule has 0 N–H and O–H groups in total. The zero-order valence-electron chi connectivity index (χ0n) is 15.4. The van der Waals surface area contributed by atoms with Crippen molar-refractivity contribution in [2.45, 2.75) is 18.9 Å². The molecule has 3 rings (SSSR count). The van der Waals surface area contributed by atoms with Crippen LogP contribution in [0.4, 0.5) is 5.82 Å². The van der Waals surface area contributed by atoms with Crippen molar-refractivity contribution >= 4 is 22.8 Å². The lowest BCUT2D eigenvalue weighted by Gasteiger charge is -2.29. The average molecular weight is 370 g/mol. The molecule has 0 aliphatic carbocycles. The second-order valence-corrected chi connectivity index (χ2v) is 6.29. The number of nitriles is 1. The van der Waals surface area contributed by atoms with Crippen LogP contribution in [0.3, 0.4) is 0 Å². The number of rotatable bonds is 6. The summed E-state index contributed by atoms with van der Waals surface area (Å²) in [6.07, 6.45) is -0.460. The molecule has 1 fully saturated rings. The molecule has 0 spiro atoms. The summed E-state index contributed by atoms with van der Waals surface area (Å²) in [6, 6.07) is 9.42. The fraction of sp³-hybridized carbons (Fsp3) is 0.474. The summed E-state index contributed by atoms with van der Waals surface area (Å²) in [4.78, 5) is 23.9. The van der Waals surface area contributed by atoms with Gasteiger partial charge < -0.3 is 19.1 Å². The Morgan fingerprint density at radius 2 is 1.96 bits per heavy atom. The summed E-state index contributed by atoms with van der Waals surface area (Å²) in [5.74, 6) is -1.29. The maximum atomic E-state index is 12.6. The topological polar surface area (TPSA) is 97.6 Å². The Kier molecular flexibility index (Phi) is 6.16. The Morgan fingerprint density at radius 3 is 2.59 bits per heavy atom. The predicted molar refractivity (Wildman–Crippen MR) is 98.4 cm³/mol. The van der Waals surface area contributed by atoms with E-state index < -0.39 is 18.0 Å². The van der Waals surface area contributed by atoms with Gasteiger partial charge in [-0.15, -0.1) is 0 Å². The van der Waals surface area contributed by atoms with Crippen LogP contribution in [-0.2, 0) is 19.0 Å². The van der Waals surface area contributed by atoms with Crippen molar-refractivity contribution in [2.75, 3.05) is 44.9 Å². The van der Waals surface area contributed by atoms with Crippen LogP contribution in [-0.4, -0.2) is 62.1 Å². The Labute approximate surface area is 157 Å². The van der Waals surface area contributed by atoms with E-state index >= 15 is 0 Å². The smallest absolute Gasteiger partial charge is 0.330 e. The van der Waals surface area contributed by atoms with Crippen LogP contribution in [0.25, 0.3) is 11.0 Å². The average Bonchev–Trinajstić information content (AvgIpc) is 2.69. The molecule has 8 heteroatoms. The van der Waals surface area contributed by atoms with Gasteiger partial charge >= 0.3 is 5.97 Å². The van der Waals surface area contributed by atoms with E-state index in [1.54, 1.807) is 6.92 Å². The number of anilines is 1. The molecule has 0 radical (unpaired) electrons. The van der Waals surface area contributed by atoms with Gasteiger partial charge in [0.1, 0.15) is 11.8 Å². The zero-order chi connectivity index (χ0) is 19.2. The summed E-state index contributed by atoms with van der Waals surface area (Å²) in [7, 11) is 1.53. The first-order valence-corrected chi connectivity index (χ1v) is 8.82. The Morgan fingerprint density at radius 1 is 1.30 bits per heavy atom. The lowest BCUT2D eigenvalue weighted by Crippen LogP contribution is -2.38. The molecular weight excluding hydrogens is 348 g/mol. The van der Waals surface area contributed by atoms with E-state index in [-0.39, 0.29) is 6.61 Å². The molecule has 1 aromatic carbocycles. The minimum atomic E-state index is -1.17. The van der Waals surface area contributed by atoms with E-state index in [4.69, 9.17) is 14.2 Å². The van der Waals surface area contributed by atoms with Crippen LogP contribution in [0.1, 0.15) is 18.5 Å². The number of hydrogen-bond donors (Lipinski definition) is 0. The maximum absolute atomic E-state index is 12.6. The van der Waals surface area contributed by atoms with Crippen LogP contribution in [0.2, 0.25) is 0 Å². The minimum absolute atomic E-state index is 0.254. The van der Waals surface area contributed by atoms with Crippen LogP contribution in [0.15, 0.2) is 24.3 Å². The highest BCUT2D eigenvalue weighted by atomic mass is 16.6. The van der Waals surface area contributed by atoms with Crippen LogP contribution in [0.5, 0.6) is 0 Å². The molecular formula is C19H22N4O4. The number of aromatic nitrogens is 2. The summed E-state index contributed by atoms with van der Waals surface area (Å²) >= 11 is 0. The minimum Gasteiger partial charge on any atom is -0.459 e. The lowest BCUT2D eigenvalue weighted by molar-refractivity contribution is -0.150. The van der Waals surface area contributed by atoms with Crippen LogP contribution in [0, 0.1) is 11.3 Å². The van der Waals surface area contributed by atoms with Crippen molar-refractivity contribution in [1.29, 1.82) is 5.26 Å². The fourth-order valence-corrected chi connectivity index (χ4v) is 2.97. The van der Waals surface area contributed by atoms with Gasteiger partial charge in [-0.1, -0.05) is 12.1 Å². The van der Waals surface area contributed by atoms with Crippen molar-refractivity contribution in [3.63, 3.8) is 0 Å². The Bertz CT molecular complexity index is 845. The molecule has 2 aromatic rings. The van der Waals surface area contributed by atoms with E-state index in [1.165, 1.54) is 7.11 Å². The number of esters is 1. The molecule has 0 bridgehead atoms. The van der Waals surface area contributed by atoms with Gasteiger partial charge in [0.25, 0.3) is 0 Å². The van der Waals surface area contributed by atoms with Gasteiger partial charge in [-0.25, -0.2) is 9.97 Å². The van der Waals surface area contributed by atoms with Crippen molar-refractivity contribution in [1.82, 2.24) is 9.97 Å². The summed E-state index contributed by atoms with van der Waals surface area (Å²) in [5.41, 5.74) is 1.65. The van der Waals surface area contributed by atoms with Gasteiger partial charge in [0.05, 0.1) is 36.9 Å². The second-order valence-electron chi connectivity index (χ2n) is 6.29. The summed E-state index contributed by atoms with van der Waals surface area (Å²) < 4.78 is 15.7. The summed E-state index contributed by atoms with van der Waals surface area (Å²) in [5, 5.41) is 9.69. The largest absolute Gasteiger partial charge is 0.459 e. The second kappa shape index (κ2) is 8.75. The van der Waals surface area contributed by atoms with Gasteiger partial charge in [0.2, 0.25) is 0 Å². The monoisotopic (exact) mass is 370 g/mol. The molecule has 1 saturated heterocycles.